The first-order valence-corrected chi connectivity index (χ1v) is 12.5. The van der Waals surface area contributed by atoms with Crippen LogP contribution in [0.2, 0.25) is 0 Å². The number of benzene rings is 2. The number of hydrogen-bond donors (Lipinski definition) is 2. The van der Waals surface area contributed by atoms with Crippen LogP contribution in [0.3, 0.4) is 0 Å². The predicted molar refractivity (Wildman–Crippen MR) is 137 cm³/mol. The number of carbonyl (C=O) groups is 2. The summed E-state index contributed by atoms with van der Waals surface area (Å²) in [7, 11) is 1.47. The fourth-order valence-electron chi connectivity index (χ4n) is 4.84. The Kier molecular flexibility index (Phi) is 7.36. The molecule has 1 aliphatic heterocycles. The van der Waals surface area contributed by atoms with Crippen molar-refractivity contribution in [2.75, 3.05) is 13.7 Å². The van der Waals surface area contributed by atoms with E-state index in [9.17, 15) is 14.7 Å². The van der Waals surface area contributed by atoms with Crippen LogP contribution in [0.25, 0.3) is 0 Å². The molecule has 0 aromatic heterocycles. The standard InChI is InChI=1S/C28H30BrNO5/c1-15(2)14-35-28(33)24-16(3)30-21-11-18(17-8-6-5-7-9-17)12-22(31)26(21)25(24)19-10-20(29)27(32)23(13-19)34-4/h5-10,13,15,18,25,30,32H,11-12,14H2,1-4H3/t18-,25+/m1/s1. The number of aromatic hydroxyl groups is 1. The van der Waals surface area contributed by atoms with E-state index in [1.807, 2.05) is 51.1 Å². The van der Waals surface area contributed by atoms with E-state index in [-0.39, 0.29) is 35.7 Å². The van der Waals surface area contributed by atoms with Crippen molar-refractivity contribution in [2.24, 2.45) is 5.92 Å². The second kappa shape index (κ2) is 10.3. The number of ketones is 1. The summed E-state index contributed by atoms with van der Waals surface area (Å²) >= 11 is 3.39. The van der Waals surface area contributed by atoms with E-state index < -0.39 is 11.9 Å². The fraction of sp³-hybridized carbons (Fsp3) is 0.357. The number of phenols is 1. The SMILES string of the molecule is COc1cc([C@H]2C(C(=O)OCC(C)C)=C(C)NC3=C2C(=O)C[C@H](c2ccccc2)C3)cc(Br)c1O. The third-order valence-corrected chi connectivity index (χ3v) is 7.07. The zero-order chi connectivity index (χ0) is 25.3. The van der Waals surface area contributed by atoms with Gasteiger partial charge in [0, 0.05) is 29.3 Å². The zero-order valence-corrected chi connectivity index (χ0v) is 21.9. The topological polar surface area (TPSA) is 84.9 Å². The lowest BCUT2D eigenvalue weighted by Crippen LogP contribution is -2.36. The normalized spacial score (nSPS) is 20.0. The minimum atomic E-state index is -0.638. The van der Waals surface area contributed by atoms with Crippen molar-refractivity contribution in [2.45, 2.75) is 45.4 Å². The number of allylic oxidation sites excluding steroid dienone is 3. The highest BCUT2D eigenvalue weighted by Gasteiger charge is 2.42. The second-order valence-electron chi connectivity index (χ2n) is 9.47. The van der Waals surface area contributed by atoms with Crippen LogP contribution >= 0.6 is 15.9 Å². The van der Waals surface area contributed by atoms with Crippen molar-refractivity contribution in [1.82, 2.24) is 5.32 Å². The van der Waals surface area contributed by atoms with E-state index in [0.717, 1.165) is 11.3 Å². The predicted octanol–water partition coefficient (Wildman–Crippen LogP) is 5.72. The third-order valence-electron chi connectivity index (χ3n) is 6.47. The van der Waals surface area contributed by atoms with Crippen LogP contribution in [0.4, 0.5) is 0 Å². The van der Waals surface area contributed by atoms with Crippen LogP contribution in [-0.2, 0) is 14.3 Å². The monoisotopic (exact) mass is 539 g/mol. The summed E-state index contributed by atoms with van der Waals surface area (Å²) < 4.78 is 11.4. The van der Waals surface area contributed by atoms with Gasteiger partial charge in [0.25, 0.3) is 0 Å². The van der Waals surface area contributed by atoms with Crippen LogP contribution in [0.5, 0.6) is 11.5 Å². The van der Waals surface area contributed by atoms with Gasteiger partial charge in [0.1, 0.15) is 0 Å². The lowest BCUT2D eigenvalue weighted by Gasteiger charge is -2.37. The van der Waals surface area contributed by atoms with Crippen LogP contribution in [0.1, 0.15) is 56.6 Å². The maximum atomic E-state index is 13.7. The third kappa shape index (κ3) is 5.01. The van der Waals surface area contributed by atoms with E-state index in [2.05, 4.69) is 21.2 Å². The molecule has 0 saturated heterocycles. The highest BCUT2D eigenvalue weighted by Crippen LogP contribution is 2.48. The molecular weight excluding hydrogens is 510 g/mol. The molecule has 6 nitrogen and oxygen atoms in total. The number of phenolic OH excluding ortho intramolecular Hbond substituents is 1. The summed E-state index contributed by atoms with van der Waals surface area (Å²) in [4.78, 5) is 27.0. The maximum Gasteiger partial charge on any atom is 0.336 e. The van der Waals surface area contributed by atoms with E-state index in [4.69, 9.17) is 9.47 Å². The number of nitrogens with one attached hydrogen (secondary N) is 1. The van der Waals surface area contributed by atoms with Crippen molar-refractivity contribution in [3.8, 4) is 11.5 Å². The van der Waals surface area contributed by atoms with Crippen LogP contribution in [0, 0.1) is 5.92 Å². The van der Waals surface area contributed by atoms with Gasteiger partial charge in [-0.05, 0) is 64.4 Å². The van der Waals surface area contributed by atoms with Gasteiger partial charge >= 0.3 is 5.97 Å². The van der Waals surface area contributed by atoms with E-state index >= 15 is 0 Å². The van der Waals surface area contributed by atoms with E-state index in [0.29, 0.717) is 39.7 Å². The highest BCUT2D eigenvalue weighted by molar-refractivity contribution is 9.10. The van der Waals surface area contributed by atoms with Crippen LogP contribution in [-0.4, -0.2) is 30.6 Å². The van der Waals surface area contributed by atoms with Gasteiger partial charge in [-0.2, -0.15) is 0 Å². The molecule has 0 unspecified atom stereocenters. The molecule has 1 heterocycles. The number of dihydropyridines is 1. The number of ether oxygens (including phenoxy) is 2. The quantitative estimate of drug-likeness (QED) is 0.456. The first kappa shape index (κ1) is 25.0. The Labute approximate surface area is 214 Å². The number of hydrogen-bond acceptors (Lipinski definition) is 6. The molecule has 0 amide bonds. The summed E-state index contributed by atoms with van der Waals surface area (Å²) in [5.74, 6) is -0.657. The maximum absolute atomic E-state index is 13.7. The van der Waals surface area contributed by atoms with Crippen LogP contribution < -0.4 is 10.1 Å². The Morgan fingerprint density at radius 3 is 2.54 bits per heavy atom. The lowest BCUT2D eigenvalue weighted by molar-refractivity contribution is -0.140. The molecule has 7 heteroatoms. The Morgan fingerprint density at radius 2 is 1.89 bits per heavy atom. The van der Waals surface area contributed by atoms with E-state index in [1.54, 1.807) is 12.1 Å². The summed E-state index contributed by atoms with van der Waals surface area (Å²) in [6.45, 7) is 6.07. The summed E-state index contributed by atoms with van der Waals surface area (Å²) in [5.41, 5.74) is 4.23. The molecular formula is C28H30BrNO5. The van der Waals surface area contributed by atoms with Gasteiger partial charge in [-0.15, -0.1) is 0 Å². The molecule has 0 spiro atoms. The number of carbonyl (C=O) groups excluding carboxylic acids is 2. The molecule has 0 radical (unpaired) electrons. The van der Waals surface area contributed by atoms with Gasteiger partial charge in [-0.25, -0.2) is 4.79 Å². The summed E-state index contributed by atoms with van der Waals surface area (Å²) in [6.07, 6.45) is 1.01. The molecule has 184 valence electrons. The Balaban J connectivity index is 1.83. The molecule has 2 aromatic rings. The van der Waals surface area contributed by atoms with Crippen molar-refractivity contribution >= 4 is 27.7 Å². The second-order valence-corrected chi connectivity index (χ2v) is 10.3. The Hall–Kier alpha value is -3.06. The van der Waals surface area contributed by atoms with Gasteiger partial charge in [0.05, 0.1) is 23.8 Å². The minimum Gasteiger partial charge on any atom is -0.503 e. The molecule has 0 bridgehead atoms. The zero-order valence-electron chi connectivity index (χ0n) is 20.4. The number of Topliss-reactive ketones (excluding diaryl/α,β-unsaturated/α-hetero) is 1. The first-order chi connectivity index (χ1) is 16.7. The molecule has 2 N–H and O–H groups in total. The van der Waals surface area contributed by atoms with Crippen molar-refractivity contribution < 1.29 is 24.2 Å². The summed E-state index contributed by atoms with van der Waals surface area (Å²) in [5, 5.41) is 13.7. The van der Waals surface area contributed by atoms with Crippen molar-refractivity contribution in [1.29, 1.82) is 0 Å². The molecule has 2 atom stereocenters. The highest BCUT2D eigenvalue weighted by atomic mass is 79.9. The molecule has 35 heavy (non-hydrogen) atoms. The van der Waals surface area contributed by atoms with Gasteiger partial charge < -0.3 is 19.9 Å². The van der Waals surface area contributed by atoms with Crippen LogP contribution in [0.15, 0.2) is 69.5 Å². The van der Waals surface area contributed by atoms with Gasteiger partial charge in [0.2, 0.25) is 0 Å². The van der Waals surface area contributed by atoms with Gasteiger partial charge in [0.15, 0.2) is 17.3 Å². The first-order valence-electron chi connectivity index (χ1n) is 11.7. The average molecular weight is 540 g/mol. The largest absolute Gasteiger partial charge is 0.503 e. The molecule has 0 saturated carbocycles. The Morgan fingerprint density at radius 1 is 1.17 bits per heavy atom. The summed E-state index contributed by atoms with van der Waals surface area (Å²) in [6, 6.07) is 13.4. The number of rotatable bonds is 6. The smallest absolute Gasteiger partial charge is 0.336 e. The Bertz CT molecular complexity index is 1220. The van der Waals surface area contributed by atoms with Gasteiger partial charge in [-0.1, -0.05) is 44.2 Å². The number of halogens is 1. The lowest BCUT2D eigenvalue weighted by atomic mass is 9.71. The number of esters is 1. The van der Waals surface area contributed by atoms with E-state index in [1.165, 1.54) is 7.11 Å². The van der Waals surface area contributed by atoms with Crippen molar-refractivity contribution in [3.63, 3.8) is 0 Å². The minimum absolute atomic E-state index is 0.0116. The van der Waals surface area contributed by atoms with Crippen molar-refractivity contribution in [3.05, 3.63) is 80.6 Å². The number of methoxy groups -OCH3 is 1. The average Bonchev–Trinajstić information content (AvgIpc) is 2.83. The fourth-order valence-corrected chi connectivity index (χ4v) is 5.30. The molecule has 0 fully saturated rings. The molecule has 2 aromatic carbocycles. The molecule has 4 rings (SSSR count). The van der Waals surface area contributed by atoms with Gasteiger partial charge in [-0.3, -0.25) is 4.79 Å². The molecule has 2 aliphatic rings. The molecule has 1 aliphatic carbocycles.